The highest BCUT2D eigenvalue weighted by Gasteiger charge is 2.00. The summed E-state index contributed by atoms with van der Waals surface area (Å²) < 4.78 is 8.88. The molecule has 0 amide bonds. The van der Waals surface area contributed by atoms with E-state index in [0.717, 1.165) is 0 Å². The molecule has 0 spiro atoms. The van der Waals surface area contributed by atoms with Crippen molar-refractivity contribution < 1.29 is 19.2 Å². The highest BCUT2D eigenvalue weighted by molar-refractivity contribution is 7.45. The molecule has 0 heterocycles. The largest absolute Gasteiger partial charge is 0.466 e. The van der Waals surface area contributed by atoms with E-state index in [2.05, 4.69) is 38.1 Å². The van der Waals surface area contributed by atoms with E-state index in [9.17, 15) is 0 Å². The summed E-state index contributed by atoms with van der Waals surface area (Å²) in [6.07, 6.45) is 0. The fourth-order valence-corrected chi connectivity index (χ4v) is 0.838. The monoisotopic (exact) mass is 218 g/mol. The van der Waals surface area contributed by atoms with Crippen LogP contribution in [0.2, 0.25) is 0 Å². The highest BCUT2D eigenvalue weighted by atomic mass is 31.2. The van der Waals surface area contributed by atoms with Gasteiger partial charge < -0.3 is 14.7 Å². The van der Waals surface area contributed by atoms with Crippen LogP contribution in [0.3, 0.4) is 0 Å². The van der Waals surface area contributed by atoms with Crippen molar-refractivity contribution in [2.75, 3.05) is 0 Å². The zero-order chi connectivity index (χ0) is 11.2. The average Bonchev–Trinajstić information content (AvgIpc) is 2.03. The van der Waals surface area contributed by atoms with Crippen LogP contribution < -0.4 is 0 Å². The van der Waals surface area contributed by atoms with E-state index in [1.54, 1.807) is 0 Å². The Bertz CT molecular complexity index is 283. The molecule has 0 saturated carbocycles. The van der Waals surface area contributed by atoms with Gasteiger partial charge in [-0.1, -0.05) is 44.2 Å². The lowest BCUT2D eigenvalue weighted by Crippen LogP contribution is -1.83. The SMILES string of the molecule is CC(C)c1ccccc1.O=P(O)(O)O. The van der Waals surface area contributed by atoms with Crippen molar-refractivity contribution in [3.05, 3.63) is 35.9 Å². The molecule has 1 rings (SSSR count). The summed E-state index contributed by atoms with van der Waals surface area (Å²) in [4.78, 5) is 21.6. The van der Waals surface area contributed by atoms with Crippen molar-refractivity contribution in [2.45, 2.75) is 19.8 Å². The van der Waals surface area contributed by atoms with Crippen molar-refractivity contribution in [1.82, 2.24) is 0 Å². The summed E-state index contributed by atoms with van der Waals surface area (Å²) in [5, 5.41) is 0. The van der Waals surface area contributed by atoms with Crippen LogP contribution in [0.4, 0.5) is 0 Å². The summed E-state index contributed by atoms with van der Waals surface area (Å²) in [5.74, 6) is 0.659. The third kappa shape index (κ3) is 9.42. The third-order valence-corrected chi connectivity index (χ3v) is 1.47. The lowest BCUT2D eigenvalue weighted by atomic mass is 10.0. The van der Waals surface area contributed by atoms with Crippen LogP contribution in [0.1, 0.15) is 25.3 Å². The molecule has 0 aliphatic heterocycles. The molecule has 4 nitrogen and oxygen atoms in total. The van der Waals surface area contributed by atoms with Gasteiger partial charge in [0.2, 0.25) is 0 Å². The third-order valence-electron chi connectivity index (χ3n) is 1.47. The molecular weight excluding hydrogens is 203 g/mol. The van der Waals surface area contributed by atoms with Crippen molar-refractivity contribution in [1.29, 1.82) is 0 Å². The van der Waals surface area contributed by atoms with Crippen LogP contribution in [-0.4, -0.2) is 14.7 Å². The molecule has 3 N–H and O–H groups in total. The number of hydrogen-bond acceptors (Lipinski definition) is 1. The normalized spacial score (nSPS) is 10.7. The topological polar surface area (TPSA) is 77.8 Å². The Labute approximate surface area is 83.5 Å². The first-order valence-electron chi connectivity index (χ1n) is 4.14. The maximum absolute atomic E-state index is 8.88. The number of phosphoric acid groups is 1. The van der Waals surface area contributed by atoms with Gasteiger partial charge in [-0.2, -0.15) is 0 Å². The van der Waals surface area contributed by atoms with Gasteiger partial charge in [-0.15, -0.1) is 0 Å². The van der Waals surface area contributed by atoms with E-state index in [1.807, 2.05) is 6.07 Å². The second-order valence-corrected chi connectivity index (χ2v) is 4.11. The first-order valence-corrected chi connectivity index (χ1v) is 5.70. The van der Waals surface area contributed by atoms with Gasteiger partial charge in [0.25, 0.3) is 0 Å². The maximum Gasteiger partial charge on any atom is 0.466 e. The van der Waals surface area contributed by atoms with Crippen molar-refractivity contribution in [2.24, 2.45) is 0 Å². The highest BCUT2D eigenvalue weighted by Crippen LogP contribution is 2.25. The molecule has 0 aliphatic rings. The zero-order valence-electron chi connectivity index (χ0n) is 8.16. The van der Waals surface area contributed by atoms with Crippen molar-refractivity contribution in [3.8, 4) is 0 Å². The minimum atomic E-state index is -4.64. The van der Waals surface area contributed by atoms with Gasteiger partial charge in [0, 0.05) is 0 Å². The second kappa shape index (κ2) is 5.94. The molecule has 0 radical (unpaired) electrons. The Hall–Kier alpha value is -0.670. The van der Waals surface area contributed by atoms with Crippen LogP contribution >= 0.6 is 7.82 Å². The number of benzene rings is 1. The second-order valence-electron chi connectivity index (χ2n) is 3.08. The molecule has 1 aromatic rings. The Morgan fingerprint density at radius 3 is 1.64 bits per heavy atom. The Morgan fingerprint density at radius 2 is 1.43 bits per heavy atom. The molecule has 0 aromatic heterocycles. The van der Waals surface area contributed by atoms with Gasteiger partial charge >= 0.3 is 7.82 Å². The molecule has 0 saturated heterocycles. The summed E-state index contributed by atoms with van der Waals surface area (Å²) in [6.45, 7) is 4.41. The van der Waals surface area contributed by atoms with Crippen molar-refractivity contribution in [3.63, 3.8) is 0 Å². The number of hydrogen-bond donors (Lipinski definition) is 3. The first-order chi connectivity index (χ1) is 6.30. The Kier molecular flexibility index (Phi) is 5.65. The molecule has 14 heavy (non-hydrogen) atoms. The van der Waals surface area contributed by atoms with E-state index in [4.69, 9.17) is 19.2 Å². The Morgan fingerprint density at radius 1 is 1.07 bits per heavy atom. The fraction of sp³-hybridized carbons (Fsp3) is 0.333. The van der Waals surface area contributed by atoms with Crippen LogP contribution in [-0.2, 0) is 4.57 Å². The molecule has 0 atom stereocenters. The zero-order valence-corrected chi connectivity index (χ0v) is 9.06. The molecule has 0 unspecified atom stereocenters. The molecular formula is C9H15O4P. The van der Waals surface area contributed by atoms with Gasteiger partial charge in [-0.25, -0.2) is 4.57 Å². The molecule has 80 valence electrons. The van der Waals surface area contributed by atoms with Gasteiger partial charge in [0.15, 0.2) is 0 Å². The summed E-state index contributed by atoms with van der Waals surface area (Å²) >= 11 is 0. The quantitative estimate of drug-likeness (QED) is 0.629. The standard InChI is InChI=1S/C9H12.H3O4P/c1-8(2)9-6-4-3-5-7-9;1-5(2,3)4/h3-8H,1-2H3;(H3,1,2,3,4). The van der Waals surface area contributed by atoms with E-state index in [-0.39, 0.29) is 0 Å². The minimum Gasteiger partial charge on any atom is -0.303 e. The average molecular weight is 218 g/mol. The molecule has 0 aliphatic carbocycles. The number of rotatable bonds is 1. The lowest BCUT2D eigenvalue weighted by Gasteiger charge is -2.01. The molecule has 1 aromatic carbocycles. The smallest absolute Gasteiger partial charge is 0.303 e. The minimum absolute atomic E-state index is 0.659. The van der Waals surface area contributed by atoms with Gasteiger partial charge in [0.05, 0.1) is 0 Å². The molecule has 0 bridgehead atoms. The van der Waals surface area contributed by atoms with Crippen molar-refractivity contribution >= 4 is 7.82 Å². The van der Waals surface area contributed by atoms with Crippen LogP contribution in [0, 0.1) is 0 Å². The van der Waals surface area contributed by atoms with E-state index in [1.165, 1.54) is 5.56 Å². The predicted octanol–water partition coefficient (Wildman–Crippen LogP) is 1.88. The van der Waals surface area contributed by atoms with E-state index >= 15 is 0 Å². The van der Waals surface area contributed by atoms with Crippen LogP contribution in [0.25, 0.3) is 0 Å². The van der Waals surface area contributed by atoms with Gasteiger partial charge in [0.1, 0.15) is 0 Å². The molecule has 0 fully saturated rings. The fourth-order valence-electron chi connectivity index (χ4n) is 0.838. The summed E-state index contributed by atoms with van der Waals surface area (Å²) in [7, 11) is -4.64. The molecule has 5 heteroatoms. The van der Waals surface area contributed by atoms with Crippen LogP contribution in [0.5, 0.6) is 0 Å². The summed E-state index contributed by atoms with van der Waals surface area (Å²) in [5.41, 5.74) is 1.41. The van der Waals surface area contributed by atoms with Gasteiger partial charge in [-0.05, 0) is 11.5 Å². The van der Waals surface area contributed by atoms with Crippen LogP contribution in [0.15, 0.2) is 30.3 Å². The summed E-state index contributed by atoms with van der Waals surface area (Å²) in [6, 6.07) is 10.5. The van der Waals surface area contributed by atoms with E-state index < -0.39 is 7.82 Å². The first kappa shape index (κ1) is 13.3. The van der Waals surface area contributed by atoms with E-state index in [0.29, 0.717) is 5.92 Å². The van der Waals surface area contributed by atoms with Gasteiger partial charge in [-0.3, -0.25) is 0 Å². The predicted molar refractivity (Wildman–Crippen MR) is 54.8 cm³/mol. The Balaban J connectivity index is 0.000000292. The maximum atomic E-state index is 8.88. The lowest BCUT2D eigenvalue weighted by molar-refractivity contribution is 0.275.